The van der Waals surface area contributed by atoms with Crippen molar-refractivity contribution in [2.24, 2.45) is 5.92 Å². The highest BCUT2D eigenvalue weighted by atomic mass is 16.4. The van der Waals surface area contributed by atoms with E-state index in [4.69, 9.17) is 5.11 Å². The van der Waals surface area contributed by atoms with Gasteiger partial charge in [0.2, 0.25) is 0 Å². The van der Waals surface area contributed by atoms with Gasteiger partial charge in [-0.25, -0.2) is 0 Å². The van der Waals surface area contributed by atoms with Crippen LogP contribution in [-0.2, 0) is 4.79 Å². The van der Waals surface area contributed by atoms with Gasteiger partial charge in [-0.15, -0.1) is 0 Å². The molecule has 3 heteroatoms. The summed E-state index contributed by atoms with van der Waals surface area (Å²) < 4.78 is 0. The summed E-state index contributed by atoms with van der Waals surface area (Å²) in [4.78, 5) is 11.0. The Morgan fingerprint density at radius 3 is 2.36 bits per heavy atom. The van der Waals surface area contributed by atoms with E-state index in [0.29, 0.717) is 18.0 Å². The van der Waals surface area contributed by atoms with Crippen LogP contribution in [0.5, 0.6) is 0 Å². The second-order valence-electron chi connectivity index (χ2n) is 7.02. The first-order chi connectivity index (χ1) is 10.7. The molecule has 0 spiro atoms. The van der Waals surface area contributed by atoms with Crippen molar-refractivity contribution in [3.63, 3.8) is 0 Å². The molecule has 0 amide bonds. The monoisotopic (exact) mass is 301 g/mol. The van der Waals surface area contributed by atoms with Gasteiger partial charge in [-0.05, 0) is 56.4 Å². The molecule has 2 aliphatic carbocycles. The molecule has 0 aliphatic heterocycles. The molecule has 0 saturated heterocycles. The lowest BCUT2D eigenvalue weighted by Gasteiger charge is -2.35. The summed E-state index contributed by atoms with van der Waals surface area (Å²) >= 11 is 0. The fourth-order valence-corrected chi connectivity index (χ4v) is 4.21. The SMILES string of the molecule is O=C(O)C1CCC(NC2CCCC(c3ccccc3)C2)CC1. The lowest BCUT2D eigenvalue weighted by molar-refractivity contribution is -0.142. The zero-order valence-electron chi connectivity index (χ0n) is 13.2. The van der Waals surface area contributed by atoms with E-state index in [1.54, 1.807) is 0 Å². The Labute approximate surface area is 133 Å². The lowest BCUT2D eigenvalue weighted by atomic mass is 9.80. The summed E-state index contributed by atoms with van der Waals surface area (Å²) in [7, 11) is 0. The number of carbonyl (C=O) groups is 1. The van der Waals surface area contributed by atoms with Gasteiger partial charge in [-0.3, -0.25) is 4.79 Å². The summed E-state index contributed by atoms with van der Waals surface area (Å²) in [6.07, 6.45) is 8.79. The molecule has 22 heavy (non-hydrogen) atoms. The van der Waals surface area contributed by atoms with E-state index in [2.05, 4.69) is 35.6 Å². The van der Waals surface area contributed by atoms with Crippen molar-refractivity contribution < 1.29 is 9.90 Å². The molecule has 3 rings (SSSR count). The van der Waals surface area contributed by atoms with Gasteiger partial charge in [-0.1, -0.05) is 36.8 Å². The Hall–Kier alpha value is -1.35. The van der Waals surface area contributed by atoms with Crippen molar-refractivity contribution in [1.82, 2.24) is 5.32 Å². The van der Waals surface area contributed by atoms with Crippen molar-refractivity contribution in [3.05, 3.63) is 35.9 Å². The van der Waals surface area contributed by atoms with Gasteiger partial charge in [0, 0.05) is 12.1 Å². The molecule has 2 unspecified atom stereocenters. The standard InChI is InChI=1S/C19H27NO2/c21-19(22)15-9-11-17(12-10-15)20-18-8-4-7-16(13-18)14-5-2-1-3-6-14/h1-3,5-6,15-18,20H,4,7-13H2,(H,21,22). The van der Waals surface area contributed by atoms with E-state index in [0.717, 1.165) is 25.7 Å². The van der Waals surface area contributed by atoms with Gasteiger partial charge < -0.3 is 10.4 Å². The minimum atomic E-state index is -0.611. The first kappa shape index (κ1) is 15.5. The van der Waals surface area contributed by atoms with Crippen molar-refractivity contribution in [2.45, 2.75) is 69.4 Å². The fourth-order valence-electron chi connectivity index (χ4n) is 4.21. The summed E-state index contributed by atoms with van der Waals surface area (Å²) in [6.45, 7) is 0. The molecule has 2 atom stereocenters. The zero-order chi connectivity index (χ0) is 15.4. The van der Waals surface area contributed by atoms with E-state index in [1.165, 1.54) is 31.2 Å². The number of nitrogens with one attached hydrogen (secondary N) is 1. The average Bonchev–Trinajstić information content (AvgIpc) is 2.56. The molecule has 1 aromatic carbocycles. The Balaban J connectivity index is 1.50. The van der Waals surface area contributed by atoms with Crippen LogP contribution >= 0.6 is 0 Å². The molecule has 1 aromatic rings. The molecule has 0 bridgehead atoms. The maximum Gasteiger partial charge on any atom is 0.306 e. The molecule has 0 aromatic heterocycles. The van der Waals surface area contributed by atoms with Crippen LogP contribution < -0.4 is 5.32 Å². The third-order valence-electron chi connectivity index (χ3n) is 5.49. The summed E-state index contributed by atoms with van der Waals surface area (Å²) in [5, 5.41) is 12.9. The maximum absolute atomic E-state index is 11.0. The summed E-state index contributed by atoms with van der Waals surface area (Å²) in [6, 6.07) is 12.0. The number of carboxylic acid groups (broad SMARTS) is 1. The fraction of sp³-hybridized carbons (Fsp3) is 0.632. The molecular formula is C19H27NO2. The largest absolute Gasteiger partial charge is 0.481 e. The van der Waals surface area contributed by atoms with Gasteiger partial charge in [0.15, 0.2) is 0 Å². The van der Waals surface area contributed by atoms with Crippen LogP contribution in [0.15, 0.2) is 30.3 Å². The van der Waals surface area contributed by atoms with Crippen LogP contribution in [-0.4, -0.2) is 23.2 Å². The third kappa shape index (κ3) is 3.89. The second-order valence-corrected chi connectivity index (χ2v) is 7.02. The molecular weight excluding hydrogens is 274 g/mol. The first-order valence-electron chi connectivity index (χ1n) is 8.76. The minimum Gasteiger partial charge on any atom is -0.481 e. The van der Waals surface area contributed by atoms with Crippen LogP contribution in [0.2, 0.25) is 0 Å². The van der Waals surface area contributed by atoms with Crippen molar-refractivity contribution in [2.75, 3.05) is 0 Å². The zero-order valence-corrected chi connectivity index (χ0v) is 13.2. The normalized spacial score (nSPS) is 32.5. The molecule has 0 radical (unpaired) electrons. The van der Waals surface area contributed by atoms with Gasteiger partial charge in [0.05, 0.1) is 5.92 Å². The third-order valence-corrected chi connectivity index (χ3v) is 5.49. The predicted molar refractivity (Wildman–Crippen MR) is 88.0 cm³/mol. The quantitative estimate of drug-likeness (QED) is 0.885. The number of carboxylic acids is 1. The topological polar surface area (TPSA) is 49.3 Å². The van der Waals surface area contributed by atoms with Gasteiger partial charge in [0.1, 0.15) is 0 Å². The highest BCUT2D eigenvalue weighted by Crippen LogP contribution is 2.34. The molecule has 0 heterocycles. The van der Waals surface area contributed by atoms with Crippen LogP contribution in [0.3, 0.4) is 0 Å². The number of hydrogen-bond acceptors (Lipinski definition) is 2. The predicted octanol–water partition coefficient (Wildman–Crippen LogP) is 3.95. The number of rotatable bonds is 4. The van der Waals surface area contributed by atoms with Crippen LogP contribution in [0.1, 0.15) is 62.8 Å². The second kappa shape index (κ2) is 7.28. The summed E-state index contributed by atoms with van der Waals surface area (Å²) in [5.41, 5.74) is 1.48. The Morgan fingerprint density at radius 2 is 1.68 bits per heavy atom. The highest BCUT2D eigenvalue weighted by Gasteiger charge is 2.29. The molecule has 2 N–H and O–H groups in total. The molecule has 3 nitrogen and oxygen atoms in total. The molecule has 2 fully saturated rings. The van der Waals surface area contributed by atoms with Crippen LogP contribution in [0, 0.1) is 5.92 Å². The maximum atomic E-state index is 11.0. The Kier molecular flexibility index (Phi) is 5.14. The van der Waals surface area contributed by atoms with E-state index in [1.807, 2.05) is 0 Å². The van der Waals surface area contributed by atoms with Crippen molar-refractivity contribution in [3.8, 4) is 0 Å². The first-order valence-corrected chi connectivity index (χ1v) is 8.76. The smallest absolute Gasteiger partial charge is 0.306 e. The number of benzene rings is 1. The van der Waals surface area contributed by atoms with E-state index in [9.17, 15) is 4.79 Å². The number of aliphatic carboxylic acids is 1. The van der Waals surface area contributed by atoms with E-state index >= 15 is 0 Å². The highest BCUT2D eigenvalue weighted by molar-refractivity contribution is 5.70. The van der Waals surface area contributed by atoms with E-state index < -0.39 is 5.97 Å². The van der Waals surface area contributed by atoms with Gasteiger partial charge >= 0.3 is 5.97 Å². The molecule has 2 saturated carbocycles. The van der Waals surface area contributed by atoms with Crippen LogP contribution in [0.25, 0.3) is 0 Å². The molecule has 120 valence electrons. The Bertz CT molecular complexity index is 479. The van der Waals surface area contributed by atoms with E-state index in [-0.39, 0.29) is 5.92 Å². The van der Waals surface area contributed by atoms with Crippen molar-refractivity contribution >= 4 is 5.97 Å². The van der Waals surface area contributed by atoms with Crippen molar-refractivity contribution in [1.29, 1.82) is 0 Å². The number of hydrogen-bond donors (Lipinski definition) is 2. The lowest BCUT2D eigenvalue weighted by Crippen LogP contribution is -2.43. The van der Waals surface area contributed by atoms with Gasteiger partial charge in [0.25, 0.3) is 0 Å². The van der Waals surface area contributed by atoms with Gasteiger partial charge in [-0.2, -0.15) is 0 Å². The average molecular weight is 301 g/mol. The minimum absolute atomic E-state index is 0.110. The Morgan fingerprint density at radius 1 is 0.955 bits per heavy atom. The molecule has 2 aliphatic rings. The summed E-state index contributed by atoms with van der Waals surface area (Å²) in [5.74, 6) is -0.0375. The van der Waals surface area contributed by atoms with Crippen LogP contribution in [0.4, 0.5) is 0 Å².